The molecule has 1 heterocycles. The van der Waals surface area contributed by atoms with E-state index in [1.165, 1.54) is 0 Å². The van der Waals surface area contributed by atoms with Gasteiger partial charge in [-0.1, -0.05) is 12.1 Å². The minimum absolute atomic E-state index is 0.0525. The number of hydrogen-bond acceptors (Lipinski definition) is 4. The van der Waals surface area contributed by atoms with E-state index in [2.05, 4.69) is 10.4 Å². The zero-order valence-corrected chi connectivity index (χ0v) is 10.7. The molecule has 0 spiro atoms. The second kappa shape index (κ2) is 5.00. The van der Waals surface area contributed by atoms with E-state index in [0.717, 1.165) is 11.4 Å². The van der Waals surface area contributed by atoms with Crippen molar-refractivity contribution in [2.75, 3.05) is 12.4 Å². The van der Waals surface area contributed by atoms with Gasteiger partial charge >= 0.3 is 0 Å². The molecule has 0 bridgehead atoms. The van der Waals surface area contributed by atoms with Gasteiger partial charge in [0.2, 0.25) is 5.88 Å². The molecule has 1 unspecified atom stereocenters. The molecule has 1 aromatic heterocycles. The van der Waals surface area contributed by atoms with Crippen molar-refractivity contribution in [1.82, 2.24) is 9.78 Å². The molecule has 2 aromatic rings. The molecule has 18 heavy (non-hydrogen) atoms. The Bertz CT molecular complexity index is 537. The lowest BCUT2D eigenvalue weighted by Crippen LogP contribution is -2.07. The average Bonchev–Trinajstić information content (AvgIpc) is 2.69. The molecular weight excluding hydrogens is 230 g/mol. The van der Waals surface area contributed by atoms with Gasteiger partial charge in [-0.3, -0.25) is 0 Å². The van der Waals surface area contributed by atoms with E-state index in [4.69, 9.17) is 4.74 Å². The number of aromatic hydroxyl groups is 1. The number of nitrogens with one attached hydrogen (secondary N) is 1. The third kappa shape index (κ3) is 2.56. The number of aryl methyl sites for hydroxylation is 1. The fourth-order valence-electron chi connectivity index (χ4n) is 1.81. The lowest BCUT2D eigenvalue weighted by Gasteiger charge is -2.13. The van der Waals surface area contributed by atoms with E-state index < -0.39 is 0 Å². The van der Waals surface area contributed by atoms with Crippen LogP contribution in [0.2, 0.25) is 0 Å². The zero-order valence-electron chi connectivity index (χ0n) is 10.7. The van der Waals surface area contributed by atoms with Crippen molar-refractivity contribution < 1.29 is 9.84 Å². The van der Waals surface area contributed by atoms with Gasteiger partial charge in [-0.05, 0) is 24.6 Å². The number of anilines is 1. The molecule has 5 nitrogen and oxygen atoms in total. The van der Waals surface area contributed by atoms with E-state index in [9.17, 15) is 5.11 Å². The van der Waals surface area contributed by atoms with Crippen molar-refractivity contribution in [3.8, 4) is 11.6 Å². The van der Waals surface area contributed by atoms with Crippen molar-refractivity contribution in [1.29, 1.82) is 0 Å². The number of rotatable bonds is 4. The molecule has 0 aliphatic rings. The molecule has 0 saturated heterocycles. The van der Waals surface area contributed by atoms with Crippen LogP contribution in [0.25, 0.3) is 0 Å². The number of nitrogens with zero attached hydrogens (tertiary/aromatic N) is 2. The summed E-state index contributed by atoms with van der Waals surface area (Å²) >= 11 is 0. The Morgan fingerprint density at radius 3 is 2.78 bits per heavy atom. The first-order valence-electron chi connectivity index (χ1n) is 5.73. The van der Waals surface area contributed by atoms with Crippen LogP contribution < -0.4 is 10.1 Å². The lowest BCUT2D eigenvalue weighted by atomic mass is 10.1. The summed E-state index contributed by atoms with van der Waals surface area (Å²) in [6.45, 7) is 2.01. The predicted molar refractivity (Wildman–Crippen MR) is 69.9 cm³/mol. The standard InChI is InChI=1S/C13H17N3O2/c1-9(10-5-4-6-11(17)7-10)14-12-8-13(18-3)16(2)15-12/h4-9,17H,1-3H3,(H,14,15). The van der Waals surface area contributed by atoms with E-state index in [1.54, 1.807) is 23.9 Å². The lowest BCUT2D eigenvalue weighted by molar-refractivity contribution is 0.373. The first kappa shape index (κ1) is 12.3. The maximum atomic E-state index is 9.45. The molecule has 0 amide bonds. The summed E-state index contributed by atoms with van der Waals surface area (Å²) in [5, 5.41) is 17.0. The summed E-state index contributed by atoms with van der Waals surface area (Å²) < 4.78 is 6.82. The van der Waals surface area contributed by atoms with Gasteiger partial charge in [0, 0.05) is 13.1 Å². The molecule has 0 fully saturated rings. The van der Waals surface area contributed by atoms with Crippen molar-refractivity contribution in [2.45, 2.75) is 13.0 Å². The van der Waals surface area contributed by atoms with Crippen molar-refractivity contribution in [3.05, 3.63) is 35.9 Å². The summed E-state index contributed by atoms with van der Waals surface area (Å²) in [7, 11) is 3.43. The van der Waals surface area contributed by atoms with Crippen LogP contribution in [0, 0.1) is 0 Å². The smallest absolute Gasteiger partial charge is 0.213 e. The van der Waals surface area contributed by atoms with Gasteiger partial charge < -0.3 is 15.2 Å². The molecule has 2 N–H and O–H groups in total. The summed E-state index contributed by atoms with van der Waals surface area (Å²) in [5.41, 5.74) is 1.000. The molecule has 1 atom stereocenters. The van der Waals surface area contributed by atoms with Gasteiger partial charge in [0.1, 0.15) is 5.75 Å². The normalized spacial score (nSPS) is 12.2. The Morgan fingerprint density at radius 2 is 2.17 bits per heavy atom. The van der Waals surface area contributed by atoms with Crippen LogP contribution in [0.3, 0.4) is 0 Å². The average molecular weight is 247 g/mol. The molecule has 96 valence electrons. The van der Waals surface area contributed by atoms with Crippen LogP contribution in [0.4, 0.5) is 5.82 Å². The van der Waals surface area contributed by atoms with Crippen molar-refractivity contribution in [3.63, 3.8) is 0 Å². The van der Waals surface area contributed by atoms with Crippen LogP contribution in [-0.4, -0.2) is 22.0 Å². The maximum Gasteiger partial charge on any atom is 0.213 e. The van der Waals surface area contributed by atoms with Gasteiger partial charge in [-0.2, -0.15) is 5.10 Å². The first-order valence-corrected chi connectivity index (χ1v) is 5.73. The molecule has 2 rings (SSSR count). The Morgan fingerprint density at radius 1 is 1.39 bits per heavy atom. The number of hydrogen-bond donors (Lipinski definition) is 2. The van der Waals surface area contributed by atoms with E-state index >= 15 is 0 Å². The number of methoxy groups -OCH3 is 1. The summed E-state index contributed by atoms with van der Waals surface area (Å²) in [6, 6.07) is 9.05. The highest BCUT2D eigenvalue weighted by molar-refractivity contribution is 5.42. The topological polar surface area (TPSA) is 59.3 Å². The highest BCUT2D eigenvalue weighted by Gasteiger charge is 2.10. The van der Waals surface area contributed by atoms with Crippen molar-refractivity contribution >= 4 is 5.82 Å². The molecule has 5 heteroatoms. The Kier molecular flexibility index (Phi) is 3.41. The minimum Gasteiger partial charge on any atom is -0.508 e. The van der Waals surface area contributed by atoms with Crippen LogP contribution in [-0.2, 0) is 7.05 Å². The second-order valence-corrected chi connectivity index (χ2v) is 4.16. The van der Waals surface area contributed by atoms with Gasteiger partial charge in [0.05, 0.1) is 13.2 Å². The quantitative estimate of drug-likeness (QED) is 0.870. The van der Waals surface area contributed by atoms with E-state index in [0.29, 0.717) is 5.88 Å². The number of benzene rings is 1. The van der Waals surface area contributed by atoms with Gasteiger partial charge in [0.15, 0.2) is 5.82 Å². The maximum absolute atomic E-state index is 9.45. The summed E-state index contributed by atoms with van der Waals surface area (Å²) in [6.07, 6.45) is 0. The fourth-order valence-corrected chi connectivity index (χ4v) is 1.81. The fraction of sp³-hybridized carbons (Fsp3) is 0.308. The highest BCUT2D eigenvalue weighted by atomic mass is 16.5. The molecular formula is C13H17N3O2. The highest BCUT2D eigenvalue weighted by Crippen LogP contribution is 2.23. The van der Waals surface area contributed by atoms with Gasteiger partial charge in [-0.25, -0.2) is 4.68 Å². The summed E-state index contributed by atoms with van der Waals surface area (Å²) in [4.78, 5) is 0. The third-order valence-corrected chi connectivity index (χ3v) is 2.78. The first-order chi connectivity index (χ1) is 8.60. The van der Waals surface area contributed by atoms with Gasteiger partial charge in [-0.15, -0.1) is 0 Å². The van der Waals surface area contributed by atoms with Crippen LogP contribution in [0.5, 0.6) is 11.6 Å². The minimum atomic E-state index is 0.0525. The zero-order chi connectivity index (χ0) is 13.1. The molecule has 0 saturated carbocycles. The SMILES string of the molecule is COc1cc(NC(C)c2cccc(O)c2)nn1C. The van der Waals surface area contributed by atoms with Crippen molar-refractivity contribution in [2.24, 2.45) is 7.05 Å². The Balaban J connectivity index is 2.13. The molecule has 0 aliphatic heterocycles. The number of ether oxygens (including phenoxy) is 1. The van der Waals surface area contributed by atoms with Crippen LogP contribution in [0.1, 0.15) is 18.5 Å². The molecule has 0 aliphatic carbocycles. The Labute approximate surface area is 106 Å². The third-order valence-electron chi connectivity index (χ3n) is 2.78. The predicted octanol–water partition coefficient (Wildman–Crippen LogP) is 2.31. The summed E-state index contributed by atoms with van der Waals surface area (Å²) in [5.74, 6) is 1.70. The largest absolute Gasteiger partial charge is 0.508 e. The molecule has 0 radical (unpaired) electrons. The number of phenols is 1. The Hall–Kier alpha value is -2.17. The van der Waals surface area contributed by atoms with E-state index in [1.807, 2.05) is 32.2 Å². The van der Waals surface area contributed by atoms with E-state index in [-0.39, 0.29) is 11.8 Å². The molecule has 1 aromatic carbocycles. The number of aromatic nitrogens is 2. The van der Waals surface area contributed by atoms with Crippen LogP contribution >= 0.6 is 0 Å². The number of phenolic OH excluding ortho intramolecular Hbond substituents is 1. The van der Waals surface area contributed by atoms with Gasteiger partial charge in [0.25, 0.3) is 0 Å². The monoisotopic (exact) mass is 247 g/mol. The second-order valence-electron chi connectivity index (χ2n) is 4.16. The van der Waals surface area contributed by atoms with Crippen LogP contribution in [0.15, 0.2) is 30.3 Å².